The van der Waals surface area contributed by atoms with Crippen molar-refractivity contribution in [1.29, 1.82) is 0 Å². The van der Waals surface area contributed by atoms with Crippen LogP contribution in [0.4, 0.5) is 0 Å². The highest BCUT2D eigenvalue weighted by molar-refractivity contribution is 6.90. The maximum Gasteiger partial charge on any atom is 0.481 e. The molecule has 0 rings (SSSR count). The maximum absolute atomic E-state index is 12.1. The lowest BCUT2D eigenvalue weighted by Crippen LogP contribution is -2.68. The predicted octanol–water partition coefficient (Wildman–Crippen LogP) is 16.2. The number of unbranched alkanes of at least 4 members (excludes halogenated alkanes) is 14. The number of hydrogen-bond donors (Lipinski definition) is 1. The van der Waals surface area contributed by atoms with E-state index < -0.39 is 60.6 Å². The van der Waals surface area contributed by atoms with Gasteiger partial charge in [0.2, 0.25) is 0 Å². The van der Waals surface area contributed by atoms with E-state index in [1.165, 1.54) is 102 Å². The van der Waals surface area contributed by atoms with Gasteiger partial charge in [-0.25, -0.2) is 0 Å². The van der Waals surface area contributed by atoms with Gasteiger partial charge < -0.3 is 33.9 Å². The van der Waals surface area contributed by atoms with Gasteiger partial charge in [0, 0.05) is 24.2 Å². The van der Waals surface area contributed by atoms with Gasteiger partial charge in [-0.05, 0) is 95.1 Å². The summed E-state index contributed by atoms with van der Waals surface area (Å²) in [6, 6.07) is 1.82. The fraction of sp³-hybridized carbons (Fsp3) is 1.00. The Morgan fingerprint density at radius 1 is 0.516 bits per heavy atom. The van der Waals surface area contributed by atoms with E-state index >= 15 is 0 Å². The van der Waals surface area contributed by atoms with Crippen LogP contribution in [0, 0.1) is 17.8 Å². The van der Waals surface area contributed by atoms with Crippen LogP contribution in [0.5, 0.6) is 0 Å². The summed E-state index contributed by atoms with van der Waals surface area (Å²) in [6.45, 7) is 43.3. The molecule has 62 heavy (non-hydrogen) atoms. The lowest BCUT2D eigenvalue weighted by molar-refractivity contribution is 0.102. The van der Waals surface area contributed by atoms with Crippen molar-refractivity contribution in [2.45, 2.75) is 280 Å². The van der Waals surface area contributed by atoms with Gasteiger partial charge in [0.05, 0.1) is 0 Å². The van der Waals surface area contributed by atoms with Crippen molar-refractivity contribution in [3.63, 3.8) is 0 Å². The standard InChI is InChI=1S/C47H110O8Si7/c1-20-24-27-30-33-36-41-58(14,15)50-56(47(45(9)23-4)38-35-32-29-26-22-3)51-59(16,17)53-62(46(10)44(7)8,52-57(11,12)13)55-61(19,49-40-39-43(5)6)54-60(18,48)42-37-34-31-28-25-21-2/h43-48,56H,20-42H2,1-19H3. The second-order valence-corrected chi connectivity index (χ2v) is 47.0. The van der Waals surface area contributed by atoms with Crippen LogP contribution in [0.3, 0.4) is 0 Å². The Morgan fingerprint density at radius 2 is 1.00 bits per heavy atom. The Hall–Kier alpha value is 1.20. The van der Waals surface area contributed by atoms with Crippen molar-refractivity contribution in [2.75, 3.05) is 6.61 Å². The van der Waals surface area contributed by atoms with Gasteiger partial charge in [0.25, 0.3) is 0 Å². The molecule has 7 atom stereocenters. The summed E-state index contributed by atoms with van der Waals surface area (Å²) in [4.78, 5) is 12.1. The topological polar surface area (TPSA) is 84.8 Å². The lowest BCUT2D eigenvalue weighted by Gasteiger charge is -2.48. The van der Waals surface area contributed by atoms with E-state index in [4.69, 9.17) is 29.1 Å². The SMILES string of the molecule is CCCCCCCC[Si](C)(C)O[SiH](O[Si](C)(C)O[Si](O[Si](C)(C)C)(O[Si](C)(OCCC(C)C)O[Si](C)(O)CCCCCCCC)C(C)C(C)C)C(CCCCCCC)C(C)CC. The summed E-state index contributed by atoms with van der Waals surface area (Å²) < 4.78 is 51.8. The Labute approximate surface area is 396 Å². The Balaban J connectivity index is 7.26. The van der Waals surface area contributed by atoms with Crippen LogP contribution in [0.2, 0.25) is 82.1 Å². The van der Waals surface area contributed by atoms with Gasteiger partial charge in [-0.3, -0.25) is 0 Å². The van der Waals surface area contributed by atoms with Crippen molar-refractivity contribution >= 4 is 60.6 Å². The zero-order valence-electron chi connectivity index (χ0n) is 45.0. The van der Waals surface area contributed by atoms with Gasteiger partial charge in [0.15, 0.2) is 16.6 Å². The third-order valence-corrected chi connectivity index (χ3v) is 38.8. The van der Waals surface area contributed by atoms with Gasteiger partial charge in [-0.15, -0.1) is 0 Å². The molecule has 0 saturated heterocycles. The van der Waals surface area contributed by atoms with Crippen molar-refractivity contribution in [3.05, 3.63) is 0 Å². The van der Waals surface area contributed by atoms with Crippen molar-refractivity contribution in [1.82, 2.24) is 0 Å². The van der Waals surface area contributed by atoms with E-state index in [9.17, 15) is 4.80 Å². The minimum absolute atomic E-state index is 0.0533. The first-order valence-electron chi connectivity index (χ1n) is 26.2. The van der Waals surface area contributed by atoms with Gasteiger partial charge in [0.1, 0.15) is 0 Å². The highest BCUT2D eigenvalue weighted by Gasteiger charge is 2.61. The second kappa shape index (κ2) is 32.1. The van der Waals surface area contributed by atoms with Gasteiger partial charge in [-0.2, -0.15) is 0 Å². The maximum atomic E-state index is 12.1. The summed E-state index contributed by atoms with van der Waals surface area (Å²) in [5, 5.41) is 0. The first kappa shape index (κ1) is 63.2. The average Bonchev–Trinajstić information content (AvgIpc) is 3.13. The molecule has 0 saturated carbocycles. The predicted molar refractivity (Wildman–Crippen MR) is 286 cm³/mol. The van der Waals surface area contributed by atoms with E-state index in [1.807, 2.05) is 13.1 Å². The molecule has 0 bridgehead atoms. The summed E-state index contributed by atoms with van der Waals surface area (Å²) in [5.74, 6) is 1.17. The first-order valence-corrected chi connectivity index (χ1v) is 43.8. The zero-order valence-corrected chi connectivity index (χ0v) is 52.2. The molecule has 0 heterocycles. The molecule has 0 amide bonds. The van der Waals surface area contributed by atoms with E-state index in [1.54, 1.807) is 0 Å². The van der Waals surface area contributed by atoms with Crippen LogP contribution in [0.25, 0.3) is 0 Å². The summed E-state index contributed by atoms with van der Waals surface area (Å²) in [6.07, 6.45) is 24.2. The lowest BCUT2D eigenvalue weighted by atomic mass is 9.99. The molecule has 1 N–H and O–H groups in total. The van der Waals surface area contributed by atoms with E-state index in [0.29, 0.717) is 30.0 Å². The minimum Gasteiger partial charge on any atom is -0.438 e. The van der Waals surface area contributed by atoms with Crippen LogP contribution in [-0.2, 0) is 29.1 Å². The third kappa shape index (κ3) is 29.2. The molecule has 0 fully saturated rings. The monoisotopic (exact) mass is 999 g/mol. The number of rotatable bonds is 41. The molecule has 0 spiro atoms. The van der Waals surface area contributed by atoms with Gasteiger partial charge >= 0.3 is 44.0 Å². The van der Waals surface area contributed by atoms with Crippen molar-refractivity contribution < 1.29 is 33.9 Å². The molecule has 0 aliphatic carbocycles. The molecular weight excluding hydrogens is 889 g/mol. The van der Waals surface area contributed by atoms with Crippen molar-refractivity contribution in [3.8, 4) is 0 Å². The Bertz CT molecular complexity index is 1110. The molecule has 0 aromatic heterocycles. The average molecular weight is 1000 g/mol. The fourth-order valence-electron chi connectivity index (χ4n) is 8.20. The van der Waals surface area contributed by atoms with E-state index in [2.05, 4.69) is 115 Å². The third-order valence-electron chi connectivity index (χ3n) is 12.5. The Kier molecular flexibility index (Phi) is 32.7. The fourth-order valence-corrected chi connectivity index (χ4v) is 37.4. The quantitative estimate of drug-likeness (QED) is 0.0479. The molecule has 374 valence electrons. The van der Waals surface area contributed by atoms with Crippen molar-refractivity contribution in [2.24, 2.45) is 17.8 Å². The Morgan fingerprint density at radius 3 is 1.47 bits per heavy atom. The molecular formula is C47H110O8Si7. The van der Waals surface area contributed by atoms with Crippen LogP contribution in [-0.4, -0.2) is 72.1 Å². The molecule has 7 unspecified atom stereocenters. The highest BCUT2D eigenvalue weighted by Crippen LogP contribution is 2.42. The molecule has 0 aromatic carbocycles. The first-order chi connectivity index (χ1) is 28.7. The zero-order chi connectivity index (χ0) is 47.7. The minimum atomic E-state index is -3.67. The number of hydrogen-bond acceptors (Lipinski definition) is 8. The molecule has 0 aromatic rings. The van der Waals surface area contributed by atoms with Crippen LogP contribution >= 0.6 is 0 Å². The molecule has 15 heteroatoms. The summed E-state index contributed by atoms with van der Waals surface area (Å²) in [5.41, 5.74) is 0.346. The summed E-state index contributed by atoms with van der Waals surface area (Å²) >= 11 is 0. The molecule has 0 aliphatic heterocycles. The van der Waals surface area contributed by atoms with Gasteiger partial charge in [-0.1, -0.05) is 185 Å². The second-order valence-electron chi connectivity index (χ2n) is 22.3. The molecule has 0 radical (unpaired) electrons. The van der Waals surface area contributed by atoms with E-state index in [-0.39, 0.29) is 11.5 Å². The normalized spacial score (nSPS) is 18.1. The molecule has 0 aliphatic rings. The van der Waals surface area contributed by atoms with E-state index in [0.717, 1.165) is 32.1 Å². The van der Waals surface area contributed by atoms with Crippen LogP contribution in [0.15, 0.2) is 0 Å². The smallest absolute Gasteiger partial charge is 0.438 e. The van der Waals surface area contributed by atoms with Crippen LogP contribution in [0.1, 0.15) is 198 Å². The summed E-state index contributed by atoms with van der Waals surface area (Å²) in [7, 11) is -20.1. The molecule has 8 nitrogen and oxygen atoms in total. The highest BCUT2D eigenvalue weighted by atomic mass is 28.5. The largest absolute Gasteiger partial charge is 0.481 e. The van der Waals surface area contributed by atoms with Crippen LogP contribution < -0.4 is 0 Å².